The Morgan fingerprint density at radius 3 is 2.60 bits per heavy atom. The van der Waals surface area contributed by atoms with Gasteiger partial charge in [-0.2, -0.15) is 0 Å². The molecule has 0 radical (unpaired) electrons. The number of benzene rings is 2. The molecule has 2 heterocycles. The maximum Gasteiger partial charge on any atom is 0.165 e. The summed E-state index contributed by atoms with van der Waals surface area (Å²) in [6.07, 6.45) is 7.15. The van der Waals surface area contributed by atoms with Gasteiger partial charge in [-0.05, 0) is 50.3 Å². The van der Waals surface area contributed by atoms with Crippen LogP contribution in [0.25, 0.3) is 10.9 Å². The summed E-state index contributed by atoms with van der Waals surface area (Å²) in [6.45, 7) is 2.13. The summed E-state index contributed by atoms with van der Waals surface area (Å²) in [7, 11) is 3.42. The van der Waals surface area contributed by atoms with Gasteiger partial charge in [-0.25, -0.2) is 14.4 Å². The largest absolute Gasteiger partial charge is 0.493 e. The van der Waals surface area contributed by atoms with Crippen molar-refractivity contribution >= 4 is 34.0 Å². The quantitative estimate of drug-likeness (QED) is 0.453. The second kappa shape index (κ2) is 10.5. The second-order valence-electron chi connectivity index (χ2n) is 9.16. The molecule has 1 aliphatic heterocycles. The highest BCUT2D eigenvalue weighted by Crippen LogP contribution is 2.38. The minimum Gasteiger partial charge on any atom is -0.493 e. The Balaban J connectivity index is 1.33. The first kappa shape index (κ1) is 24.0. The topological polar surface area (TPSA) is 68.7 Å². The van der Waals surface area contributed by atoms with Gasteiger partial charge < -0.3 is 19.5 Å². The zero-order chi connectivity index (χ0) is 24.4. The van der Waals surface area contributed by atoms with Crippen molar-refractivity contribution in [1.82, 2.24) is 14.9 Å². The van der Waals surface area contributed by atoms with E-state index in [2.05, 4.69) is 20.2 Å². The number of hydrogen-bond donors (Lipinski definition) is 1. The highest BCUT2D eigenvalue weighted by atomic mass is 35.5. The molecular weight excluding hydrogens is 471 g/mol. The molecule has 1 aromatic heterocycles. The summed E-state index contributed by atoms with van der Waals surface area (Å²) in [4.78, 5) is 11.3. The zero-order valence-corrected chi connectivity index (χ0v) is 20.7. The number of anilines is 2. The molecule has 1 aliphatic carbocycles. The molecule has 1 atom stereocenters. The van der Waals surface area contributed by atoms with Crippen LogP contribution in [0, 0.1) is 5.82 Å². The molecule has 1 saturated heterocycles. The van der Waals surface area contributed by atoms with E-state index in [0.29, 0.717) is 40.4 Å². The minimum atomic E-state index is -0.530. The predicted molar refractivity (Wildman–Crippen MR) is 134 cm³/mol. The van der Waals surface area contributed by atoms with Crippen LogP contribution in [0.2, 0.25) is 5.02 Å². The van der Waals surface area contributed by atoms with Crippen LogP contribution in [-0.2, 0) is 4.74 Å². The molecule has 0 spiro atoms. The fraction of sp³-hybridized carbons (Fsp3) is 0.462. The number of hydrogen-bond acceptors (Lipinski definition) is 7. The molecule has 3 aromatic rings. The van der Waals surface area contributed by atoms with E-state index in [4.69, 9.17) is 25.8 Å². The molecule has 0 amide bonds. The van der Waals surface area contributed by atoms with E-state index in [1.165, 1.54) is 12.4 Å². The monoisotopic (exact) mass is 500 g/mol. The van der Waals surface area contributed by atoms with Crippen LogP contribution < -0.4 is 14.8 Å². The van der Waals surface area contributed by atoms with Crippen molar-refractivity contribution in [2.45, 2.75) is 50.4 Å². The summed E-state index contributed by atoms with van der Waals surface area (Å²) in [5.41, 5.74) is 0.909. The number of ether oxygens (including phenoxy) is 3. The molecule has 9 heteroatoms. The van der Waals surface area contributed by atoms with Gasteiger partial charge in [0, 0.05) is 37.7 Å². The average molecular weight is 501 g/mol. The van der Waals surface area contributed by atoms with Crippen molar-refractivity contribution in [2.24, 2.45) is 0 Å². The second-order valence-corrected chi connectivity index (χ2v) is 9.57. The SMILES string of the molecule is COc1cc2ncnc(Nc3cccc(Cl)c3F)c2cc1OC1CCC(N2CC[C@H](OC)C2)CC1. The highest BCUT2D eigenvalue weighted by molar-refractivity contribution is 6.31. The van der Waals surface area contributed by atoms with E-state index in [9.17, 15) is 4.39 Å². The summed E-state index contributed by atoms with van der Waals surface area (Å²) in [5.74, 6) is 1.18. The van der Waals surface area contributed by atoms with Gasteiger partial charge in [-0.15, -0.1) is 0 Å². The lowest BCUT2D eigenvalue weighted by atomic mass is 9.92. The third kappa shape index (κ3) is 5.15. The minimum absolute atomic E-state index is 0.0429. The number of aromatic nitrogens is 2. The van der Waals surface area contributed by atoms with E-state index in [1.54, 1.807) is 26.4 Å². The van der Waals surface area contributed by atoms with Crippen molar-refractivity contribution in [1.29, 1.82) is 0 Å². The summed E-state index contributed by atoms with van der Waals surface area (Å²) in [6, 6.07) is 9.09. The van der Waals surface area contributed by atoms with Gasteiger partial charge in [0.25, 0.3) is 0 Å². The van der Waals surface area contributed by atoms with Crippen molar-refractivity contribution in [3.8, 4) is 11.5 Å². The molecule has 2 aromatic carbocycles. The Labute approximate surface area is 209 Å². The molecule has 1 saturated carbocycles. The van der Waals surface area contributed by atoms with Crippen LogP contribution >= 0.6 is 11.6 Å². The van der Waals surface area contributed by atoms with E-state index < -0.39 is 5.82 Å². The number of methoxy groups -OCH3 is 2. The number of rotatable bonds is 7. The molecule has 186 valence electrons. The van der Waals surface area contributed by atoms with Gasteiger partial charge in [0.05, 0.1) is 35.5 Å². The van der Waals surface area contributed by atoms with Crippen LogP contribution in [0.15, 0.2) is 36.7 Å². The van der Waals surface area contributed by atoms with Crippen LogP contribution in [0.3, 0.4) is 0 Å². The van der Waals surface area contributed by atoms with E-state index >= 15 is 0 Å². The molecule has 35 heavy (non-hydrogen) atoms. The Hall–Kier alpha value is -2.68. The number of likely N-dealkylation sites (tertiary alicyclic amines) is 1. The molecular formula is C26H30ClFN4O3. The summed E-state index contributed by atoms with van der Waals surface area (Å²) >= 11 is 5.94. The van der Waals surface area contributed by atoms with E-state index in [-0.39, 0.29) is 16.8 Å². The number of halogens is 2. The molecule has 2 fully saturated rings. The lowest BCUT2D eigenvalue weighted by Gasteiger charge is -2.34. The maximum absolute atomic E-state index is 14.5. The van der Waals surface area contributed by atoms with Crippen molar-refractivity contribution in [2.75, 3.05) is 32.6 Å². The van der Waals surface area contributed by atoms with Crippen molar-refractivity contribution < 1.29 is 18.6 Å². The maximum atomic E-state index is 14.5. The van der Waals surface area contributed by atoms with E-state index in [1.807, 2.05) is 12.1 Å². The van der Waals surface area contributed by atoms with E-state index in [0.717, 1.165) is 45.2 Å². The first-order chi connectivity index (χ1) is 17.1. The standard InChI is InChI=1S/C26H30ClFN4O3/c1-33-18-10-11-32(14-18)16-6-8-17(9-7-16)35-24-12-19-22(13-23(24)34-2)29-15-30-26(19)31-21-5-3-4-20(27)25(21)28/h3-5,12-13,15-18H,6-11,14H2,1-2H3,(H,29,30,31)/t16?,17?,18-/m0/s1. The Kier molecular flexibility index (Phi) is 7.22. The number of nitrogens with one attached hydrogen (secondary N) is 1. The third-order valence-corrected chi connectivity index (χ3v) is 7.38. The smallest absolute Gasteiger partial charge is 0.165 e. The fourth-order valence-corrected chi connectivity index (χ4v) is 5.30. The highest BCUT2D eigenvalue weighted by Gasteiger charge is 2.32. The molecule has 5 rings (SSSR count). The molecule has 1 N–H and O–H groups in total. The molecule has 2 aliphatic rings. The molecule has 0 unspecified atom stereocenters. The van der Waals surface area contributed by atoms with Gasteiger partial charge in [-0.3, -0.25) is 4.90 Å². The number of nitrogens with zero attached hydrogens (tertiary/aromatic N) is 3. The normalized spacial score (nSPS) is 22.9. The first-order valence-electron chi connectivity index (χ1n) is 12.0. The lowest BCUT2D eigenvalue weighted by Crippen LogP contribution is -2.39. The van der Waals surface area contributed by atoms with Crippen molar-refractivity contribution in [3.63, 3.8) is 0 Å². The van der Waals surface area contributed by atoms with Gasteiger partial charge in [0.1, 0.15) is 12.1 Å². The average Bonchev–Trinajstić information content (AvgIpc) is 3.37. The van der Waals surface area contributed by atoms with Gasteiger partial charge in [0.2, 0.25) is 0 Å². The number of fused-ring (bicyclic) bond motifs is 1. The van der Waals surface area contributed by atoms with Crippen LogP contribution in [0.1, 0.15) is 32.1 Å². The molecule has 7 nitrogen and oxygen atoms in total. The predicted octanol–water partition coefficient (Wildman–Crippen LogP) is 5.59. The first-order valence-corrected chi connectivity index (χ1v) is 12.4. The van der Waals surface area contributed by atoms with Gasteiger partial charge in [-0.1, -0.05) is 17.7 Å². The van der Waals surface area contributed by atoms with Crippen LogP contribution in [-0.4, -0.2) is 60.4 Å². The molecule has 0 bridgehead atoms. The van der Waals surface area contributed by atoms with Gasteiger partial charge >= 0.3 is 0 Å². The van der Waals surface area contributed by atoms with Crippen LogP contribution in [0.4, 0.5) is 15.9 Å². The zero-order valence-electron chi connectivity index (χ0n) is 20.0. The summed E-state index contributed by atoms with van der Waals surface area (Å²) < 4.78 is 32.1. The Morgan fingerprint density at radius 1 is 1.03 bits per heavy atom. The fourth-order valence-electron chi connectivity index (χ4n) is 5.13. The van der Waals surface area contributed by atoms with Crippen LogP contribution in [0.5, 0.6) is 11.5 Å². The third-order valence-electron chi connectivity index (χ3n) is 7.09. The summed E-state index contributed by atoms with van der Waals surface area (Å²) in [5, 5.41) is 3.80. The van der Waals surface area contributed by atoms with Crippen molar-refractivity contribution in [3.05, 3.63) is 47.5 Å². The Bertz CT molecular complexity index is 1190. The van der Waals surface area contributed by atoms with Gasteiger partial charge in [0.15, 0.2) is 17.3 Å². The lowest BCUT2D eigenvalue weighted by molar-refractivity contribution is 0.0752. The Morgan fingerprint density at radius 2 is 1.86 bits per heavy atom.